The monoisotopic (exact) mass is 225 g/mol. The van der Waals surface area contributed by atoms with Crippen molar-refractivity contribution < 1.29 is 0 Å². The maximum absolute atomic E-state index is 3.31. The molecule has 16 heavy (non-hydrogen) atoms. The molecule has 0 saturated carbocycles. The Morgan fingerprint density at radius 2 is 2.06 bits per heavy atom. The van der Waals surface area contributed by atoms with Gasteiger partial charge in [-0.2, -0.15) is 0 Å². The average Bonchev–Trinajstić information content (AvgIpc) is 2.71. The van der Waals surface area contributed by atoms with Crippen LogP contribution in [0.5, 0.6) is 0 Å². The summed E-state index contributed by atoms with van der Waals surface area (Å²) in [4.78, 5) is 5.24. The van der Waals surface area contributed by atoms with E-state index in [1.54, 1.807) is 0 Å². The molecule has 3 unspecified atom stereocenters. The Bertz CT molecular complexity index is 219. The van der Waals surface area contributed by atoms with Crippen LogP contribution < -0.4 is 5.32 Å². The lowest BCUT2D eigenvalue weighted by molar-refractivity contribution is 0.101. The Morgan fingerprint density at radius 3 is 2.75 bits per heavy atom. The molecule has 2 saturated heterocycles. The maximum Gasteiger partial charge on any atom is 0.0122 e. The molecule has 2 fully saturated rings. The molecular weight excluding hydrogens is 198 g/mol. The van der Waals surface area contributed by atoms with Gasteiger partial charge < -0.3 is 10.2 Å². The first-order valence-electron chi connectivity index (χ1n) is 6.79. The van der Waals surface area contributed by atoms with Crippen LogP contribution in [0.25, 0.3) is 0 Å². The second-order valence-electron chi connectivity index (χ2n) is 5.72. The second-order valence-corrected chi connectivity index (χ2v) is 5.72. The Labute approximate surface area is 100 Å². The van der Waals surface area contributed by atoms with E-state index in [1.165, 1.54) is 45.4 Å². The zero-order valence-electron chi connectivity index (χ0n) is 11.1. The Morgan fingerprint density at radius 1 is 1.25 bits per heavy atom. The van der Waals surface area contributed by atoms with Crippen molar-refractivity contribution in [3.8, 4) is 0 Å². The van der Waals surface area contributed by atoms with Crippen LogP contribution in [-0.4, -0.2) is 62.2 Å². The molecule has 2 aliphatic rings. The van der Waals surface area contributed by atoms with Crippen LogP contribution in [0.4, 0.5) is 0 Å². The van der Waals surface area contributed by atoms with Crippen molar-refractivity contribution in [2.24, 2.45) is 5.92 Å². The number of rotatable bonds is 3. The van der Waals surface area contributed by atoms with Crippen molar-refractivity contribution in [1.29, 1.82) is 0 Å². The molecule has 1 N–H and O–H groups in total. The van der Waals surface area contributed by atoms with Gasteiger partial charge in [0.25, 0.3) is 0 Å². The molecule has 3 heteroatoms. The highest BCUT2D eigenvalue weighted by Gasteiger charge is 2.31. The Balaban J connectivity index is 1.81. The lowest BCUT2D eigenvalue weighted by Gasteiger charge is -2.39. The number of hydrogen-bond acceptors (Lipinski definition) is 3. The molecule has 0 amide bonds. The third kappa shape index (κ3) is 2.76. The molecule has 0 radical (unpaired) electrons. The quantitative estimate of drug-likeness (QED) is 0.773. The van der Waals surface area contributed by atoms with Gasteiger partial charge >= 0.3 is 0 Å². The molecule has 2 heterocycles. The van der Waals surface area contributed by atoms with E-state index in [0.29, 0.717) is 0 Å². The minimum atomic E-state index is 0.766. The number of piperidine rings is 1. The van der Waals surface area contributed by atoms with Gasteiger partial charge in [0.15, 0.2) is 0 Å². The van der Waals surface area contributed by atoms with Crippen LogP contribution in [0, 0.1) is 5.92 Å². The molecule has 0 aromatic carbocycles. The van der Waals surface area contributed by atoms with Crippen molar-refractivity contribution in [3.05, 3.63) is 0 Å². The summed E-state index contributed by atoms with van der Waals surface area (Å²) in [6, 6.07) is 1.62. The first kappa shape index (κ1) is 12.3. The van der Waals surface area contributed by atoms with Gasteiger partial charge in [-0.25, -0.2) is 0 Å². The fraction of sp³-hybridized carbons (Fsp3) is 1.00. The van der Waals surface area contributed by atoms with E-state index in [1.807, 2.05) is 0 Å². The second kappa shape index (κ2) is 5.48. The predicted octanol–water partition coefficient (Wildman–Crippen LogP) is 1.01. The van der Waals surface area contributed by atoms with Crippen LogP contribution >= 0.6 is 0 Å². The van der Waals surface area contributed by atoms with E-state index in [0.717, 1.165) is 18.0 Å². The predicted molar refractivity (Wildman–Crippen MR) is 68.7 cm³/mol. The summed E-state index contributed by atoms with van der Waals surface area (Å²) in [7, 11) is 4.33. The standard InChI is InChI=1S/C13H27N3/c1-11-8-13(5-6-15(11)3)16-7-4-12(10-16)9-14-2/h11-14H,4-10H2,1-3H3. The molecular formula is C13H27N3. The zero-order chi connectivity index (χ0) is 11.5. The Hall–Kier alpha value is -0.120. The molecule has 3 nitrogen and oxygen atoms in total. The highest BCUT2D eigenvalue weighted by molar-refractivity contribution is 4.87. The molecule has 0 aromatic heterocycles. The highest BCUT2D eigenvalue weighted by atomic mass is 15.2. The average molecular weight is 225 g/mol. The number of nitrogens with zero attached hydrogens (tertiary/aromatic N) is 2. The number of likely N-dealkylation sites (tertiary alicyclic amines) is 2. The largest absolute Gasteiger partial charge is 0.319 e. The maximum atomic E-state index is 3.31. The van der Waals surface area contributed by atoms with E-state index in [4.69, 9.17) is 0 Å². The van der Waals surface area contributed by atoms with Gasteiger partial charge in [0.05, 0.1) is 0 Å². The van der Waals surface area contributed by atoms with Gasteiger partial charge in [0, 0.05) is 18.6 Å². The third-order valence-corrected chi connectivity index (χ3v) is 4.51. The molecule has 2 aliphatic heterocycles. The molecule has 94 valence electrons. The van der Waals surface area contributed by atoms with Gasteiger partial charge in [-0.1, -0.05) is 0 Å². The van der Waals surface area contributed by atoms with E-state index in [-0.39, 0.29) is 0 Å². The van der Waals surface area contributed by atoms with Gasteiger partial charge in [0.1, 0.15) is 0 Å². The Kier molecular flexibility index (Phi) is 4.22. The van der Waals surface area contributed by atoms with E-state index >= 15 is 0 Å². The molecule has 2 rings (SSSR count). The summed E-state index contributed by atoms with van der Waals surface area (Å²) in [6.45, 7) is 7.49. The van der Waals surface area contributed by atoms with Crippen molar-refractivity contribution >= 4 is 0 Å². The van der Waals surface area contributed by atoms with Crippen LogP contribution in [0.1, 0.15) is 26.2 Å². The lowest BCUT2D eigenvalue weighted by atomic mass is 9.98. The van der Waals surface area contributed by atoms with Gasteiger partial charge in [0.2, 0.25) is 0 Å². The van der Waals surface area contributed by atoms with Crippen LogP contribution in [0.2, 0.25) is 0 Å². The fourth-order valence-electron chi connectivity index (χ4n) is 3.25. The summed E-state index contributed by atoms with van der Waals surface area (Å²) in [5, 5.41) is 3.31. The number of nitrogens with one attached hydrogen (secondary N) is 1. The summed E-state index contributed by atoms with van der Waals surface area (Å²) in [5.74, 6) is 0.889. The van der Waals surface area contributed by atoms with Crippen molar-refractivity contribution in [2.45, 2.75) is 38.3 Å². The van der Waals surface area contributed by atoms with Crippen molar-refractivity contribution in [3.63, 3.8) is 0 Å². The molecule has 0 bridgehead atoms. The van der Waals surface area contributed by atoms with Crippen LogP contribution in [0.15, 0.2) is 0 Å². The van der Waals surface area contributed by atoms with Gasteiger partial charge in [-0.3, -0.25) is 4.90 Å². The first-order chi connectivity index (χ1) is 7.70. The zero-order valence-corrected chi connectivity index (χ0v) is 11.1. The summed E-state index contributed by atoms with van der Waals surface area (Å²) in [5.41, 5.74) is 0. The molecule has 0 aromatic rings. The summed E-state index contributed by atoms with van der Waals surface area (Å²) >= 11 is 0. The third-order valence-electron chi connectivity index (χ3n) is 4.51. The SMILES string of the molecule is CNCC1CCN(C2CCN(C)C(C)C2)C1. The summed E-state index contributed by atoms with van der Waals surface area (Å²) in [6.07, 6.45) is 4.12. The first-order valence-corrected chi connectivity index (χ1v) is 6.79. The van der Waals surface area contributed by atoms with Gasteiger partial charge in [-0.15, -0.1) is 0 Å². The fourth-order valence-corrected chi connectivity index (χ4v) is 3.25. The van der Waals surface area contributed by atoms with Crippen molar-refractivity contribution in [2.75, 3.05) is 40.3 Å². The van der Waals surface area contributed by atoms with Crippen molar-refractivity contribution in [1.82, 2.24) is 15.1 Å². The van der Waals surface area contributed by atoms with E-state index in [9.17, 15) is 0 Å². The topological polar surface area (TPSA) is 18.5 Å². The lowest BCUT2D eigenvalue weighted by Crippen LogP contribution is -2.47. The molecule has 0 spiro atoms. The molecule has 3 atom stereocenters. The van der Waals surface area contributed by atoms with Gasteiger partial charge in [-0.05, 0) is 65.8 Å². The minimum absolute atomic E-state index is 0.766. The molecule has 0 aliphatic carbocycles. The van der Waals surface area contributed by atoms with Crippen LogP contribution in [0.3, 0.4) is 0 Å². The minimum Gasteiger partial charge on any atom is -0.319 e. The van der Waals surface area contributed by atoms with E-state index in [2.05, 4.69) is 36.1 Å². The smallest absolute Gasteiger partial charge is 0.0122 e. The highest BCUT2D eigenvalue weighted by Crippen LogP contribution is 2.26. The number of hydrogen-bond donors (Lipinski definition) is 1. The summed E-state index contributed by atoms with van der Waals surface area (Å²) < 4.78 is 0. The normalized spacial score (nSPS) is 38.1. The van der Waals surface area contributed by atoms with E-state index < -0.39 is 0 Å². The van der Waals surface area contributed by atoms with Crippen LogP contribution in [-0.2, 0) is 0 Å².